The predicted octanol–water partition coefficient (Wildman–Crippen LogP) is 3.15. The number of rotatable bonds is 4. The summed E-state index contributed by atoms with van der Waals surface area (Å²) in [7, 11) is 3.42. The first-order chi connectivity index (χ1) is 12.1. The smallest absolute Gasteiger partial charge is 0.227 e. The Morgan fingerprint density at radius 1 is 1.32 bits per heavy atom. The number of ether oxygens (including phenoxy) is 1. The average molecular weight is 402 g/mol. The van der Waals surface area contributed by atoms with Crippen molar-refractivity contribution in [3.63, 3.8) is 0 Å². The Balaban J connectivity index is 1.87. The minimum absolute atomic E-state index is 0.0232. The number of anilines is 1. The zero-order valence-electron chi connectivity index (χ0n) is 13.8. The number of carbonyl (C=O) groups excluding carboxylic acids is 1. The molecule has 1 saturated carbocycles. The van der Waals surface area contributed by atoms with Crippen molar-refractivity contribution in [2.45, 2.75) is 12.8 Å². The van der Waals surface area contributed by atoms with Crippen molar-refractivity contribution in [2.75, 3.05) is 12.4 Å². The fourth-order valence-corrected chi connectivity index (χ4v) is 3.30. The average Bonchev–Trinajstić information content (AvgIpc) is 3.39. The molecule has 0 atom stereocenters. The maximum absolute atomic E-state index is 12.2. The van der Waals surface area contributed by atoms with E-state index in [1.165, 1.54) is 6.33 Å². The summed E-state index contributed by atoms with van der Waals surface area (Å²) < 4.78 is 7.98. The number of halogens is 1. The van der Waals surface area contributed by atoms with Crippen LogP contribution in [0.25, 0.3) is 22.3 Å². The summed E-state index contributed by atoms with van der Waals surface area (Å²) >= 11 is 3.52. The van der Waals surface area contributed by atoms with Gasteiger partial charge in [0.1, 0.15) is 23.5 Å². The van der Waals surface area contributed by atoms with Gasteiger partial charge in [-0.05, 0) is 34.8 Å². The van der Waals surface area contributed by atoms with Crippen molar-refractivity contribution in [2.24, 2.45) is 13.0 Å². The third-order valence-corrected chi connectivity index (χ3v) is 4.75. The zero-order valence-corrected chi connectivity index (χ0v) is 15.4. The van der Waals surface area contributed by atoms with Gasteiger partial charge < -0.3 is 10.1 Å². The number of nitrogens with zero attached hydrogens (tertiary/aromatic N) is 4. The van der Waals surface area contributed by atoms with Gasteiger partial charge in [-0.1, -0.05) is 0 Å². The van der Waals surface area contributed by atoms with Crippen LogP contribution in [0.5, 0.6) is 5.75 Å². The molecule has 0 spiro atoms. The molecule has 4 rings (SSSR count). The van der Waals surface area contributed by atoms with E-state index in [-0.39, 0.29) is 11.8 Å². The minimum atomic E-state index is 0.0232. The molecule has 3 aromatic rings. The third kappa shape index (κ3) is 2.97. The van der Waals surface area contributed by atoms with E-state index in [2.05, 4.69) is 36.3 Å². The Hall–Kier alpha value is -2.48. The van der Waals surface area contributed by atoms with Gasteiger partial charge in [-0.25, -0.2) is 9.97 Å². The molecule has 1 N–H and O–H groups in total. The van der Waals surface area contributed by atoms with Crippen molar-refractivity contribution < 1.29 is 9.53 Å². The minimum Gasteiger partial charge on any atom is -0.494 e. The molecule has 0 saturated heterocycles. The Kier molecular flexibility index (Phi) is 3.91. The van der Waals surface area contributed by atoms with E-state index >= 15 is 0 Å². The van der Waals surface area contributed by atoms with Gasteiger partial charge in [-0.2, -0.15) is 5.10 Å². The standard InChI is InChI=1S/C17H16BrN5O2/c1-23-7-11(18)16(22-23)15-10-5-13(21-17(24)9-3-4-9)14(25-2)6-12(10)19-8-20-15/h5-9H,3-4H2,1-2H3,(H,21,24). The molecule has 2 aromatic heterocycles. The van der Waals surface area contributed by atoms with E-state index in [9.17, 15) is 4.79 Å². The van der Waals surface area contributed by atoms with E-state index in [1.807, 2.05) is 19.3 Å². The Morgan fingerprint density at radius 2 is 2.12 bits per heavy atom. The van der Waals surface area contributed by atoms with Crippen LogP contribution in [-0.2, 0) is 11.8 Å². The van der Waals surface area contributed by atoms with Gasteiger partial charge in [-0.15, -0.1) is 0 Å². The number of fused-ring (bicyclic) bond motifs is 1. The number of carbonyl (C=O) groups is 1. The lowest BCUT2D eigenvalue weighted by atomic mass is 10.1. The zero-order chi connectivity index (χ0) is 17.6. The van der Waals surface area contributed by atoms with Gasteiger partial charge in [0, 0.05) is 30.6 Å². The number of methoxy groups -OCH3 is 1. The molecule has 1 aliphatic carbocycles. The fourth-order valence-electron chi connectivity index (χ4n) is 2.74. The van der Waals surface area contributed by atoms with Gasteiger partial charge in [-0.3, -0.25) is 9.48 Å². The molecule has 25 heavy (non-hydrogen) atoms. The van der Waals surface area contributed by atoms with Crippen LogP contribution in [0.4, 0.5) is 5.69 Å². The largest absolute Gasteiger partial charge is 0.494 e. The first-order valence-electron chi connectivity index (χ1n) is 7.90. The number of amides is 1. The topological polar surface area (TPSA) is 81.9 Å². The van der Waals surface area contributed by atoms with Crippen LogP contribution in [0.1, 0.15) is 12.8 Å². The maximum Gasteiger partial charge on any atom is 0.227 e. The van der Waals surface area contributed by atoms with E-state index in [0.717, 1.165) is 33.9 Å². The SMILES string of the molecule is COc1cc2ncnc(-c3nn(C)cc3Br)c2cc1NC(=O)C1CC1. The van der Waals surface area contributed by atoms with Gasteiger partial charge in [0.25, 0.3) is 0 Å². The first-order valence-corrected chi connectivity index (χ1v) is 8.69. The molecule has 0 unspecified atom stereocenters. The van der Waals surface area contributed by atoms with Gasteiger partial charge in [0.2, 0.25) is 5.91 Å². The van der Waals surface area contributed by atoms with Crippen LogP contribution in [0, 0.1) is 5.92 Å². The van der Waals surface area contributed by atoms with E-state index in [0.29, 0.717) is 17.1 Å². The van der Waals surface area contributed by atoms with Crippen LogP contribution in [0.3, 0.4) is 0 Å². The summed E-state index contributed by atoms with van der Waals surface area (Å²) in [5.74, 6) is 0.707. The normalized spacial score (nSPS) is 13.9. The summed E-state index contributed by atoms with van der Waals surface area (Å²) in [6.07, 6.45) is 5.25. The molecule has 1 aromatic carbocycles. The number of aryl methyl sites for hydroxylation is 1. The molecule has 128 valence electrons. The van der Waals surface area contributed by atoms with Gasteiger partial charge in [0.05, 0.1) is 22.8 Å². The van der Waals surface area contributed by atoms with Crippen LogP contribution in [0.2, 0.25) is 0 Å². The molecule has 1 aliphatic rings. The van der Waals surface area contributed by atoms with Crippen LogP contribution < -0.4 is 10.1 Å². The molecular weight excluding hydrogens is 386 g/mol. The highest BCUT2D eigenvalue weighted by molar-refractivity contribution is 9.10. The number of benzene rings is 1. The van der Waals surface area contributed by atoms with Crippen molar-refractivity contribution in [1.29, 1.82) is 0 Å². The predicted molar refractivity (Wildman–Crippen MR) is 97.3 cm³/mol. The summed E-state index contributed by atoms with van der Waals surface area (Å²) in [4.78, 5) is 20.9. The monoisotopic (exact) mass is 401 g/mol. The fraction of sp³-hybridized carbons (Fsp3) is 0.294. The van der Waals surface area contributed by atoms with E-state index in [4.69, 9.17) is 4.74 Å². The lowest BCUT2D eigenvalue weighted by Gasteiger charge is -2.12. The Labute approximate surface area is 152 Å². The summed E-state index contributed by atoms with van der Waals surface area (Å²) in [6.45, 7) is 0. The lowest BCUT2D eigenvalue weighted by Crippen LogP contribution is -2.14. The summed E-state index contributed by atoms with van der Waals surface area (Å²) in [5, 5.41) is 8.22. The van der Waals surface area contributed by atoms with Crippen LogP contribution in [-0.4, -0.2) is 32.8 Å². The third-order valence-electron chi connectivity index (χ3n) is 4.17. The highest BCUT2D eigenvalue weighted by Crippen LogP contribution is 2.37. The van der Waals surface area contributed by atoms with Crippen molar-refractivity contribution >= 4 is 38.4 Å². The second-order valence-corrected chi connectivity index (χ2v) is 6.91. The molecule has 8 heteroatoms. The lowest BCUT2D eigenvalue weighted by molar-refractivity contribution is -0.117. The van der Waals surface area contributed by atoms with Crippen LogP contribution in [0.15, 0.2) is 29.1 Å². The quantitative estimate of drug-likeness (QED) is 0.725. The molecule has 2 heterocycles. The van der Waals surface area contributed by atoms with Gasteiger partial charge >= 0.3 is 0 Å². The number of aromatic nitrogens is 4. The molecule has 0 radical (unpaired) electrons. The first kappa shape index (κ1) is 16.0. The molecule has 1 fully saturated rings. The molecule has 0 aliphatic heterocycles. The van der Waals surface area contributed by atoms with E-state index in [1.54, 1.807) is 17.9 Å². The second-order valence-electron chi connectivity index (χ2n) is 6.05. The summed E-state index contributed by atoms with van der Waals surface area (Å²) in [6, 6.07) is 3.66. The Morgan fingerprint density at radius 3 is 2.76 bits per heavy atom. The number of hydrogen-bond donors (Lipinski definition) is 1. The molecule has 7 nitrogen and oxygen atoms in total. The summed E-state index contributed by atoms with van der Waals surface area (Å²) in [5.41, 5.74) is 2.76. The second kappa shape index (κ2) is 6.11. The number of hydrogen-bond acceptors (Lipinski definition) is 5. The molecule has 0 bridgehead atoms. The van der Waals surface area contributed by atoms with E-state index < -0.39 is 0 Å². The highest BCUT2D eigenvalue weighted by atomic mass is 79.9. The molecular formula is C17H16BrN5O2. The van der Waals surface area contributed by atoms with Crippen molar-refractivity contribution in [3.05, 3.63) is 29.1 Å². The molecule has 1 amide bonds. The van der Waals surface area contributed by atoms with Crippen molar-refractivity contribution in [1.82, 2.24) is 19.7 Å². The van der Waals surface area contributed by atoms with Crippen molar-refractivity contribution in [3.8, 4) is 17.1 Å². The number of nitrogens with one attached hydrogen (secondary N) is 1. The van der Waals surface area contributed by atoms with Gasteiger partial charge in [0.15, 0.2) is 0 Å². The Bertz CT molecular complexity index is 981. The highest BCUT2D eigenvalue weighted by Gasteiger charge is 2.30. The van der Waals surface area contributed by atoms with Crippen LogP contribution >= 0.6 is 15.9 Å². The maximum atomic E-state index is 12.2.